The summed E-state index contributed by atoms with van der Waals surface area (Å²) >= 11 is 0. The van der Waals surface area contributed by atoms with Crippen LogP contribution in [0.2, 0.25) is 0 Å². The van der Waals surface area contributed by atoms with Crippen LogP contribution in [-0.2, 0) is 4.74 Å². The van der Waals surface area contributed by atoms with E-state index in [0.29, 0.717) is 6.61 Å². The standard InChI is InChI=1S/C7H16N2O2/c1-4-6(8)7(10)5(9-2)3-11-4/h4-7,9-10H,3,8H2,1-2H3. The monoisotopic (exact) mass is 160 g/mol. The average Bonchev–Trinajstić information content (AvgIpc) is 2.01. The van der Waals surface area contributed by atoms with Crippen LogP contribution in [0.25, 0.3) is 0 Å². The second-order valence-corrected chi connectivity index (χ2v) is 3.00. The van der Waals surface area contributed by atoms with E-state index in [0.717, 1.165) is 0 Å². The topological polar surface area (TPSA) is 67.5 Å². The predicted octanol–water partition coefficient (Wildman–Crippen LogP) is -1.32. The molecule has 1 heterocycles. The van der Waals surface area contributed by atoms with Crippen LogP contribution in [0.5, 0.6) is 0 Å². The summed E-state index contributed by atoms with van der Waals surface area (Å²) in [4.78, 5) is 0. The van der Waals surface area contributed by atoms with Gasteiger partial charge in [0.05, 0.1) is 30.9 Å². The first-order chi connectivity index (χ1) is 5.16. The van der Waals surface area contributed by atoms with E-state index < -0.39 is 6.10 Å². The quantitative estimate of drug-likeness (QED) is 0.445. The molecule has 0 bridgehead atoms. The van der Waals surface area contributed by atoms with Crippen LogP contribution in [-0.4, -0.2) is 43.1 Å². The van der Waals surface area contributed by atoms with E-state index >= 15 is 0 Å². The van der Waals surface area contributed by atoms with Gasteiger partial charge in [-0.05, 0) is 14.0 Å². The van der Waals surface area contributed by atoms with E-state index in [9.17, 15) is 5.11 Å². The normalized spacial score (nSPS) is 45.8. The lowest BCUT2D eigenvalue weighted by Gasteiger charge is -2.36. The molecule has 66 valence electrons. The molecule has 0 aromatic carbocycles. The first-order valence-electron chi connectivity index (χ1n) is 3.89. The summed E-state index contributed by atoms with van der Waals surface area (Å²) in [7, 11) is 1.79. The first kappa shape index (κ1) is 8.93. The second kappa shape index (κ2) is 3.49. The van der Waals surface area contributed by atoms with Crippen molar-refractivity contribution >= 4 is 0 Å². The molecule has 4 nitrogen and oxygen atoms in total. The van der Waals surface area contributed by atoms with Crippen molar-refractivity contribution in [1.29, 1.82) is 0 Å². The van der Waals surface area contributed by atoms with Crippen molar-refractivity contribution in [2.24, 2.45) is 5.73 Å². The molecular formula is C7H16N2O2. The SMILES string of the molecule is CNC1COC(C)C(N)C1O. The Hall–Kier alpha value is -0.160. The van der Waals surface area contributed by atoms with Crippen molar-refractivity contribution in [1.82, 2.24) is 5.32 Å². The van der Waals surface area contributed by atoms with Gasteiger partial charge in [-0.3, -0.25) is 0 Å². The lowest BCUT2D eigenvalue weighted by atomic mass is 9.97. The molecule has 0 aromatic rings. The van der Waals surface area contributed by atoms with Crippen LogP contribution in [0, 0.1) is 0 Å². The Morgan fingerprint density at radius 1 is 1.64 bits per heavy atom. The van der Waals surface area contributed by atoms with Gasteiger partial charge in [0, 0.05) is 0 Å². The molecule has 11 heavy (non-hydrogen) atoms. The molecule has 0 radical (unpaired) electrons. The molecule has 1 saturated heterocycles. The lowest BCUT2D eigenvalue weighted by molar-refractivity contribution is -0.0716. The largest absolute Gasteiger partial charge is 0.390 e. The molecule has 0 aliphatic carbocycles. The maximum Gasteiger partial charge on any atom is 0.0891 e. The minimum Gasteiger partial charge on any atom is -0.390 e. The molecule has 0 spiro atoms. The van der Waals surface area contributed by atoms with E-state index in [1.165, 1.54) is 0 Å². The maximum absolute atomic E-state index is 9.54. The third-order valence-electron chi connectivity index (χ3n) is 2.26. The van der Waals surface area contributed by atoms with Gasteiger partial charge in [0.25, 0.3) is 0 Å². The molecule has 0 saturated carbocycles. The van der Waals surface area contributed by atoms with E-state index in [2.05, 4.69) is 5.32 Å². The molecule has 1 aliphatic rings. The van der Waals surface area contributed by atoms with Gasteiger partial charge in [0.15, 0.2) is 0 Å². The second-order valence-electron chi connectivity index (χ2n) is 3.00. The van der Waals surface area contributed by atoms with Gasteiger partial charge in [-0.25, -0.2) is 0 Å². The zero-order valence-electron chi connectivity index (χ0n) is 6.95. The zero-order chi connectivity index (χ0) is 8.43. The number of aliphatic hydroxyl groups excluding tert-OH is 1. The fourth-order valence-corrected chi connectivity index (χ4v) is 1.27. The van der Waals surface area contributed by atoms with Crippen LogP contribution >= 0.6 is 0 Å². The van der Waals surface area contributed by atoms with Gasteiger partial charge in [-0.1, -0.05) is 0 Å². The third-order valence-corrected chi connectivity index (χ3v) is 2.26. The molecule has 4 unspecified atom stereocenters. The highest BCUT2D eigenvalue weighted by Crippen LogP contribution is 2.12. The number of hydrogen-bond acceptors (Lipinski definition) is 4. The van der Waals surface area contributed by atoms with Crippen LogP contribution in [0.15, 0.2) is 0 Å². The summed E-state index contributed by atoms with van der Waals surface area (Å²) in [6.07, 6.45) is -0.543. The third kappa shape index (κ3) is 1.70. The Balaban J connectivity index is 2.52. The van der Waals surface area contributed by atoms with E-state index in [4.69, 9.17) is 10.5 Å². The highest BCUT2D eigenvalue weighted by atomic mass is 16.5. The highest BCUT2D eigenvalue weighted by molar-refractivity contribution is 4.90. The van der Waals surface area contributed by atoms with E-state index in [1.54, 1.807) is 7.05 Å². The Kier molecular flexibility index (Phi) is 2.84. The Morgan fingerprint density at radius 3 is 2.82 bits per heavy atom. The molecule has 0 aromatic heterocycles. The van der Waals surface area contributed by atoms with Gasteiger partial charge in [-0.2, -0.15) is 0 Å². The Morgan fingerprint density at radius 2 is 2.27 bits per heavy atom. The minimum atomic E-state index is -0.497. The summed E-state index contributed by atoms with van der Waals surface area (Å²) in [6, 6.07) is -0.303. The van der Waals surface area contributed by atoms with Crippen molar-refractivity contribution in [3.05, 3.63) is 0 Å². The molecule has 0 amide bonds. The van der Waals surface area contributed by atoms with Crippen LogP contribution in [0.1, 0.15) is 6.92 Å². The van der Waals surface area contributed by atoms with Gasteiger partial charge in [0.1, 0.15) is 0 Å². The lowest BCUT2D eigenvalue weighted by Crippen LogP contribution is -2.60. The smallest absolute Gasteiger partial charge is 0.0891 e. The Labute approximate surface area is 66.7 Å². The number of nitrogens with two attached hydrogens (primary N) is 1. The van der Waals surface area contributed by atoms with Gasteiger partial charge in [0.2, 0.25) is 0 Å². The van der Waals surface area contributed by atoms with Crippen LogP contribution in [0.3, 0.4) is 0 Å². The van der Waals surface area contributed by atoms with E-state index in [1.807, 2.05) is 6.92 Å². The number of nitrogens with one attached hydrogen (secondary N) is 1. The summed E-state index contributed by atoms with van der Waals surface area (Å²) in [5.74, 6) is 0. The number of ether oxygens (including phenoxy) is 1. The summed E-state index contributed by atoms with van der Waals surface area (Å²) in [5.41, 5.74) is 5.67. The van der Waals surface area contributed by atoms with Crippen molar-refractivity contribution in [3.63, 3.8) is 0 Å². The number of hydrogen-bond donors (Lipinski definition) is 3. The molecule has 1 rings (SSSR count). The molecular weight excluding hydrogens is 144 g/mol. The first-order valence-corrected chi connectivity index (χ1v) is 3.89. The van der Waals surface area contributed by atoms with Crippen molar-refractivity contribution in [3.8, 4) is 0 Å². The zero-order valence-corrected chi connectivity index (χ0v) is 6.95. The molecule has 4 heteroatoms. The van der Waals surface area contributed by atoms with Crippen molar-refractivity contribution in [2.45, 2.75) is 31.2 Å². The fraction of sp³-hybridized carbons (Fsp3) is 1.00. The van der Waals surface area contributed by atoms with Crippen LogP contribution < -0.4 is 11.1 Å². The number of aliphatic hydroxyl groups is 1. The number of likely N-dealkylation sites (N-methyl/N-ethyl adjacent to an activating group) is 1. The summed E-state index contributed by atoms with van der Waals surface area (Å²) in [6.45, 7) is 2.41. The number of rotatable bonds is 1. The molecule has 1 fully saturated rings. The van der Waals surface area contributed by atoms with Gasteiger partial charge >= 0.3 is 0 Å². The minimum absolute atomic E-state index is 0.0267. The summed E-state index contributed by atoms with van der Waals surface area (Å²) in [5, 5.41) is 12.5. The van der Waals surface area contributed by atoms with Gasteiger partial charge in [-0.15, -0.1) is 0 Å². The average molecular weight is 160 g/mol. The van der Waals surface area contributed by atoms with Crippen molar-refractivity contribution in [2.75, 3.05) is 13.7 Å². The van der Waals surface area contributed by atoms with Gasteiger partial charge < -0.3 is 20.9 Å². The molecule has 4 N–H and O–H groups in total. The van der Waals surface area contributed by atoms with Crippen LogP contribution in [0.4, 0.5) is 0 Å². The highest BCUT2D eigenvalue weighted by Gasteiger charge is 2.33. The summed E-state index contributed by atoms with van der Waals surface area (Å²) < 4.78 is 5.32. The van der Waals surface area contributed by atoms with E-state index in [-0.39, 0.29) is 18.2 Å². The van der Waals surface area contributed by atoms with Crippen molar-refractivity contribution < 1.29 is 9.84 Å². The predicted molar refractivity (Wildman–Crippen MR) is 42.2 cm³/mol. The molecule has 4 atom stereocenters. The Bertz CT molecular complexity index is 130. The fourth-order valence-electron chi connectivity index (χ4n) is 1.27. The molecule has 1 aliphatic heterocycles. The maximum atomic E-state index is 9.54.